The number of alkyl carbamates (subject to hydrolysis) is 1. The largest absolute Gasteiger partial charge is 0.444 e. The third kappa shape index (κ3) is 5.15. The molecule has 0 aliphatic rings. The third-order valence-corrected chi connectivity index (χ3v) is 3.47. The van der Waals surface area contributed by atoms with Crippen molar-refractivity contribution in [3.05, 3.63) is 46.5 Å². The molecule has 1 amide bonds. The van der Waals surface area contributed by atoms with E-state index in [-0.39, 0.29) is 0 Å². The fourth-order valence-electron chi connectivity index (χ4n) is 2.01. The SMILES string of the molecule is CC(C)(C)OC(=O)NCCc1cncn1-c1ccc(Cl)cc1Cl. The maximum Gasteiger partial charge on any atom is 0.407 e. The molecule has 0 bridgehead atoms. The summed E-state index contributed by atoms with van der Waals surface area (Å²) in [6, 6.07) is 5.28. The lowest BCUT2D eigenvalue weighted by Gasteiger charge is -2.19. The average Bonchev–Trinajstić information content (AvgIpc) is 2.85. The van der Waals surface area contributed by atoms with E-state index in [1.165, 1.54) is 0 Å². The van der Waals surface area contributed by atoms with Gasteiger partial charge in [0.2, 0.25) is 0 Å². The highest BCUT2D eigenvalue weighted by atomic mass is 35.5. The Morgan fingerprint density at radius 2 is 2.09 bits per heavy atom. The Balaban J connectivity index is 2.01. The number of nitrogens with one attached hydrogen (secondary N) is 1. The number of halogens is 2. The standard InChI is InChI=1S/C16H19Cl2N3O2/c1-16(2,3)23-15(22)20-7-6-12-9-19-10-21(12)14-5-4-11(17)8-13(14)18/h4-5,8-10H,6-7H2,1-3H3,(H,20,22). The molecule has 7 heteroatoms. The first-order valence-electron chi connectivity index (χ1n) is 7.20. The number of nitrogens with zero attached hydrogens (tertiary/aromatic N) is 2. The monoisotopic (exact) mass is 355 g/mol. The topological polar surface area (TPSA) is 56.1 Å². The third-order valence-electron chi connectivity index (χ3n) is 2.93. The molecule has 2 rings (SSSR count). The zero-order valence-electron chi connectivity index (χ0n) is 13.3. The van der Waals surface area contributed by atoms with E-state index in [1.54, 1.807) is 24.7 Å². The maximum absolute atomic E-state index is 11.6. The number of rotatable bonds is 4. The molecule has 1 heterocycles. The number of carbonyl (C=O) groups is 1. The fraction of sp³-hybridized carbons (Fsp3) is 0.375. The van der Waals surface area contributed by atoms with Crippen LogP contribution in [0.5, 0.6) is 0 Å². The van der Waals surface area contributed by atoms with Gasteiger partial charge in [-0.15, -0.1) is 0 Å². The molecule has 23 heavy (non-hydrogen) atoms. The smallest absolute Gasteiger partial charge is 0.407 e. The van der Waals surface area contributed by atoms with E-state index in [0.29, 0.717) is 23.0 Å². The highest BCUT2D eigenvalue weighted by molar-refractivity contribution is 6.35. The van der Waals surface area contributed by atoms with Crippen LogP contribution >= 0.6 is 23.2 Å². The van der Waals surface area contributed by atoms with Gasteiger partial charge in [-0.2, -0.15) is 0 Å². The van der Waals surface area contributed by atoms with Crippen molar-refractivity contribution in [2.45, 2.75) is 32.8 Å². The first-order valence-corrected chi connectivity index (χ1v) is 7.95. The molecule has 1 N–H and O–H groups in total. The lowest BCUT2D eigenvalue weighted by molar-refractivity contribution is 0.0528. The second-order valence-corrected chi connectivity index (χ2v) is 6.87. The van der Waals surface area contributed by atoms with Gasteiger partial charge in [0.15, 0.2) is 0 Å². The number of carbonyl (C=O) groups excluding carboxylic acids is 1. The lowest BCUT2D eigenvalue weighted by atomic mass is 10.2. The maximum atomic E-state index is 11.6. The molecule has 0 aliphatic carbocycles. The zero-order chi connectivity index (χ0) is 17.0. The second kappa shape index (κ2) is 7.23. The van der Waals surface area contributed by atoms with Crippen LogP contribution in [0.15, 0.2) is 30.7 Å². The molecule has 0 saturated heterocycles. The minimum Gasteiger partial charge on any atom is -0.444 e. The van der Waals surface area contributed by atoms with Crippen molar-refractivity contribution in [3.8, 4) is 5.69 Å². The minimum atomic E-state index is -0.511. The molecule has 2 aromatic rings. The molecular weight excluding hydrogens is 337 g/mol. The Kier molecular flexibility index (Phi) is 5.55. The van der Waals surface area contributed by atoms with E-state index in [4.69, 9.17) is 27.9 Å². The fourth-order valence-corrected chi connectivity index (χ4v) is 2.51. The molecule has 124 valence electrons. The van der Waals surface area contributed by atoms with Crippen molar-refractivity contribution in [3.63, 3.8) is 0 Å². The normalized spacial score (nSPS) is 11.3. The van der Waals surface area contributed by atoms with Gasteiger partial charge in [-0.25, -0.2) is 9.78 Å². The molecule has 5 nitrogen and oxygen atoms in total. The van der Waals surface area contributed by atoms with Crippen LogP contribution in [-0.4, -0.2) is 27.8 Å². The molecule has 1 aromatic heterocycles. The molecule has 0 saturated carbocycles. The number of ether oxygens (including phenoxy) is 1. The van der Waals surface area contributed by atoms with Crippen LogP contribution < -0.4 is 5.32 Å². The number of hydrogen-bond donors (Lipinski definition) is 1. The molecule has 1 aromatic carbocycles. The Labute approximate surface area is 145 Å². The summed E-state index contributed by atoms with van der Waals surface area (Å²) >= 11 is 12.1. The summed E-state index contributed by atoms with van der Waals surface area (Å²) in [5.74, 6) is 0. The van der Waals surface area contributed by atoms with Gasteiger partial charge < -0.3 is 14.6 Å². The van der Waals surface area contributed by atoms with Crippen molar-refractivity contribution in [1.82, 2.24) is 14.9 Å². The summed E-state index contributed by atoms with van der Waals surface area (Å²) in [7, 11) is 0. The van der Waals surface area contributed by atoms with Gasteiger partial charge >= 0.3 is 6.09 Å². The van der Waals surface area contributed by atoms with E-state index in [1.807, 2.05) is 31.4 Å². The van der Waals surface area contributed by atoms with Gasteiger partial charge in [0.25, 0.3) is 0 Å². The Morgan fingerprint density at radius 3 is 2.74 bits per heavy atom. The highest BCUT2D eigenvalue weighted by Crippen LogP contribution is 2.25. The molecule has 0 fully saturated rings. The van der Waals surface area contributed by atoms with E-state index in [2.05, 4.69) is 10.3 Å². The van der Waals surface area contributed by atoms with Crippen molar-refractivity contribution in [1.29, 1.82) is 0 Å². The van der Waals surface area contributed by atoms with Gasteiger partial charge in [-0.05, 0) is 39.0 Å². The number of imidazole rings is 1. The van der Waals surface area contributed by atoms with Crippen LogP contribution in [0, 0.1) is 0 Å². The summed E-state index contributed by atoms with van der Waals surface area (Å²) in [6.45, 7) is 5.91. The van der Waals surface area contributed by atoms with Crippen LogP contribution in [0.25, 0.3) is 5.69 Å². The molecular formula is C16H19Cl2N3O2. The summed E-state index contributed by atoms with van der Waals surface area (Å²) in [5.41, 5.74) is 1.20. The van der Waals surface area contributed by atoms with E-state index in [0.717, 1.165) is 11.4 Å². The molecule has 0 spiro atoms. The quantitative estimate of drug-likeness (QED) is 0.891. The molecule has 0 radical (unpaired) electrons. The predicted molar refractivity (Wildman–Crippen MR) is 91.5 cm³/mol. The van der Waals surface area contributed by atoms with Gasteiger partial charge in [0.1, 0.15) is 5.60 Å². The Morgan fingerprint density at radius 1 is 1.35 bits per heavy atom. The highest BCUT2D eigenvalue weighted by Gasteiger charge is 2.16. The van der Waals surface area contributed by atoms with E-state index < -0.39 is 11.7 Å². The second-order valence-electron chi connectivity index (χ2n) is 6.03. The van der Waals surface area contributed by atoms with Crippen LogP contribution in [0.1, 0.15) is 26.5 Å². The number of benzene rings is 1. The first-order chi connectivity index (χ1) is 10.8. The lowest BCUT2D eigenvalue weighted by Crippen LogP contribution is -2.33. The summed E-state index contributed by atoms with van der Waals surface area (Å²) < 4.78 is 7.07. The van der Waals surface area contributed by atoms with Gasteiger partial charge in [0.05, 0.1) is 17.0 Å². The van der Waals surface area contributed by atoms with Crippen LogP contribution in [0.3, 0.4) is 0 Å². The number of hydrogen-bond acceptors (Lipinski definition) is 3. The number of aromatic nitrogens is 2. The van der Waals surface area contributed by atoms with Crippen molar-refractivity contribution >= 4 is 29.3 Å². The van der Waals surface area contributed by atoms with Gasteiger partial charge in [0, 0.05) is 29.9 Å². The summed E-state index contributed by atoms with van der Waals surface area (Å²) in [6.07, 6.45) is 3.57. The van der Waals surface area contributed by atoms with E-state index >= 15 is 0 Å². The number of amides is 1. The van der Waals surface area contributed by atoms with Gasteiger partial charge in [-0.3, -0.25) is 0 Å². The van der Waals surface area contributed by atoms with Crippen LogP contribution in [0.2, 0.25) is 10.0 Å². The Hall–Kier alpha value is -1.72. The van der Waals surface area contributed by atoms with Crippen LogP contribution in [-0.2, 0) is 11.2 Å². The van der Waals surface area contributed by atoms with Crippen molar-refractivity contribution < 1.29 is 9.53 Å². The molecule has 0 aliphatic heterocycles. The van der Waals surface area contributed by atoms with Crippen LogP contribution in [0.4, 0.5) is 4.79 Å². The minimum absolute atomic E-state index is 0.436. The predicted octanol–water partition coefficient (Wildman–Crippen LogP) is 4.25. The average molecular weight is 356 g/mol. The van der Waals surface area contributed by atoms with E-state index in [9.17, 15) is 4.79 Å². The molecule has 0 unspecified atom stereocenters. The first kappa shape index (κ1) is 17.6. The van der Waals surface area contributed by atoms with Crippen molar-refractivity contribution in [2.75, 3.05) is 6.54 Å². The Bertz CT molecular complexity index is 693. The van der Waals surface area contributed by atoms with Crippen molar-refractivity contribution in [2.24, 2.45) is 0 Å². The summed E-state index contributed by atoms with van der Waals surface area (Å²) in [5, 5.41) is 3.84. The van der Waals surface area contributed by atoms with Gasteiger partial charge in [-0.1, -0.05) is 23.2 Å². The zero-order valence-corrected chi connectivity index (χ0v) is 14.8. The molecule has 0 atom stereocenters. The summed E-state index contributed by atoms with van der Waals surface area (Å²) in [4.78, 5) is 15.8.